The second-order valence-electron chi connectivity index (χ2n) is 6.21. The van der Waals surface area contributed by atoms with Crippen LogP contribution in [-0.2, 0) is 0 Å². The maximum atomic E-state index is 13.3. The van der Waals surface area contributed by atoms with Crippen molar-refractivity contribution in [3.63, 3.8) is 0 Å². The fraction of sp³-hybridized carbons (Fsp3) is 0.200. The number of nitrogens with one attached hydrogen (secondary N) is 1. The molecule has 120 valence electrons. The zero-order valence-corrected chi connectivity index (χ0v) is 13.8. The third kappa shape index (κ3) is 2.22. The second-order valence-corrected chi connectivity index (χ2v) is 6.21. The van der Waals surface area contributed by atoms with Crippen molar-refractivity contribution in [1.82, 2.24) is 4.57 Å². The van der Waals surface area contributed by atoms with Crippen molar-refractivity contribution in [2.75, 3.05) is 11.9 Å². The molecule has 1 N–H and O–H groups in total. The molecule has 0 fully saturated rings. The first-order valence-corrected chi connectivity index (χ1v) is 8.18. The normalized spacial score (nSPS) is 16.9. The Morgan fingerprint density at radius 3 is 2.58 bits per heavy atom. The summed E-state index contributed by atoms with van der Waals surface area (Å²) in [4.78, 5) is 17.9. The number of pyridine rings is 1. The fourth-order valence-corrected chi connectivity index (χ4v) is 3.31. The largest absolute Gasteiger partial charge is 0.379 e. The first-order valence-electron chi connectivity index (χ1n) is 8.18. The van der Waals surface area contributed by atoms with Crippen LogP contribution in [0.3, 0.4) is 0 Å². The number of anilines is 1. The quantitative estimate of drug-likeness (QED) is 0.745. The summed E-state index contributed by atoms with van der Waals surface area (Å²) in [5.41, 5.74) is 4.10. The topological polar surface area (TPSA) is 46.4 Å². The van der Waals surface area contributed by atoms with E-state index in [-0.39, 0.29) is 11.6 Å². The van der Waals surface area contributed by atoms with Gasteiger partial charge in [-0.3, -0.25) is 14.4 Å². The molecule has 0 bridgehead atoms. The molecule has 2 heterocycles. The number of benzene rings is 2. The predicted molar refractivity (Wildman–Crippen MR) is 99.7 cm³/mol. The molecule has 1 aliphatic heterocycles. The highest BCUT2D eigenvalue weighted by Crippen LogP contribution is 2.29. The van der Waals surface area contributed by atoms with Crippen molar-refractivity contribution < 1.29 is 0 Å². The zero-order valence-electron chi connectivity index (χ0n) is 13.8. The summed E-state index contributed by atoms with van der Waals surface area (Å²) < 4.78 is 1.78. The van der Waals surface area contributed by atoms with Crippen molar-refractivity contribution in [3.05, 3.63) is 70.5 Å². The molecule has 0 aliphatic carbocycles. The van der Waals surface area contributed by atoms with E-state index in [2.05, 4.69) is 23.3 Å². The third-order valence-electron chi connectivity index (χ3n) is 4.45. The van der Waals surface area contributed by atoms with E-state index >= 15 is 0 Å². The molecule has 4 heteroatoms. The number of rotatable bonds is 1. The number of nitrogens with zero attached hydrogens (tertiary/aromatic N) is 2. The van der Waals surface area contributed by atoms with Gasteiger partial charge in [-0.15, -0.1) is 0 Å². The minimum Gasteiger partial charge on any atom is -0.379 e. The van der Waals surface area contributed by atoms with Gasteiger partial charge in [-0.1, -0.05) is 36.4 Å². The van der Waals surface area contributed by atoms with Crippen LogP contribution in [0.4, 0.5) is 5.69 Å². The molecule has 0 amide bonds. The van der Waals surface area contributed by atoms with Crippen molar-refractivity contribution in [2.45, 2.75) is 19.9 Å². The Bertz CT molecular complexity index is 1000. The van der Waals surface area contributed by atoms with E-state index in [0.29, 0.717) is 12.1 Å². The van der Waals surface area contributed by atoms with Crippen LogP contribution in [0, 0.1) is 0 Å². The van der Waals surface area contributed by atoms with Gasteiger partial charge in [0.05, 0.1) is 23.3 Å². The second kappa shape index (κ2) is 5.64. The number of aliphatic imine (C=N–C) groups is 1. The van der Waals surface area contributed by atoms with Crippen LogP contribution >= 0.6 is 0 Å². The molecule has 4 rings (SSSR count). The van der Waals surface area contributed by atoms with Crippen LogP contribution < -0.4 is 10.9 Å². The lowest BCUT2D eigenvalue weighted by Crippen LogP contribution is -2.27. The van der Waals surface area contributed by atoms with Crippen molar-refractivity contribution in [1.29, 1.82) is 0 Å². The van der Waals surface area contributed by atoms with Crippen LogP contribution in [0.5, 0.6) is 0 Å². The van der Waals surface area contributed by atoms with Crippen LogP contribution in [0.15, 0.2) is 64.4 Å². The molecule has 0 radical (unpaired) electrons. The lowest BCUT2D eigenvalue weighted by molar-refractivity contribution is 0.812. The summed E-state index contributed by atoms with van der Waals surface area (Å²) in [6.45, 7) is 4.67. The highest BCUT2D eigenvalue weighted by atomic mass is 16.1. The Morgan fingerprint density at radius 1 is 1.08 bits per heavy atom. The summed E-state index contributed by atoms with van der Waals surface area (Å²) in [5, 5.41) is 4.53. The first kappa shape index (κ1) is 14.7. The average Bonchev–Trinajstić information content (AvgIpc) is 2.75. The molecule has 1 unspecified atom stereocenters. The molecule has 3 aromatic rings. The van der Waals surface area contributed by atoms with Crippen LogP contribution in [0.25, 0.3) is 16.6 Å². The minimum absolute atomic E-state index is 0.0299. The number of fused-ring (bicyclic) bond motifs is 3. The van der Waals surface area contributed by atoms with E-state index in [1.807, 2.05) is 55.5 Å². The van der Waals surface area contributed by atoms with Gasteiger partial charge in [0.2, 0.25) is 0 Å². The number of para-hydroxylation sites is 2. The Morgan fingerprint density at radius 2 is 1.79 bits per heavy atom. The fourth-order valence-electron chi connectivity index (χ4n) is 3.31. The predicted octanol–water partition coefficient (Wildman–Crippen LogP) is 3.61. The number of hydrogen-bond donors (Lipinski definition) is 1. The van der Waals surface area contributed by atoms with Gasteiger partial charge in [0.15, 0.2) is 0 Å². The van der Waals surface area contributed by atoms with Gasteiger partial charge in [0.1, 0.15) is 0 Å². The summed E-state index contributed by atoms with van der Waals surface area (Å²) in [5.74, 6) is 0. The molecule has 0 saturated carbocycles. The van der Waals surface area contributed by atoms with Gasteiger partial charge in [-0.05, 0) is 32.0 Å². The number of hydrogen-bond acceptors (Lipinski definition) is 3. The standard InChI is InChI=1S/C20H19N3O/c1-13-12-21-14(2)18-19(22-13)16-10-6-7-11-17(16)23(20(18)24)15-8-4-3-5-9-15/h3-11,13,22H,12H2,1-2H3. The zero-order chi connectivity index (χ0) is 16.7. The average molecular weight is 317 g/mol. The molecule has 1 atom stereocenters. The summed E-state index contributed by atoms with van der Waals surface area (Å²) in [7, 11) is 0. The molecule has 24 heavy (non-hydrogen) atoms. The smallest absolute Gasteiger partial charge is 0.266 e. The van der Waals surface area contributed by atoms with Gasteiger partial charge in [0, 0.05) is 22.8 Å². The summed E-state index contributed by atoms with van der Waals surface area (Å²) >= 11 is 0. The SMILES string of the molecule is CC1=NCC(C)Nc2c1c(=O)n(-c1ccccc1)c1ccccc21. The molecule has 1 aliphatic rings. The van der Waals surface area contributed by atoms with E-state index in [1.54, 1.807) is 4.57 Å². The molecule has 2 aromatic carbocycles. The first-order chi connectivity index (χ1) is 11.7. The van der Waals surface area contributed by atoms with Crippen molar-refractivity contribution in [2.24, 2.45) is 4.99 Å². The third-order valence-corrected chi connectivity index (χ3v) is 4.45. The Balaban J connectivity index is 2.18. The van der Waals surface area contributed by atoms with Crippen LogP contribution in [-0.4, -0.2) is 22.9 Å². The van der Waals surface area contributed by atoms with Gasteiger partial charge < -0.3 is 5.32 Å². The van der Waals surface area contributed by atoms with Gasteiger partial charge in [-0.2, -0.15) is 0 Å². The Kier molecular flexibility index (Phi) is 3.45. The maximum absolute atomic E-state index is 13.3. The van der Waals surface area contributed by atoms with E-state index in [9.17, 15) is 4.79 Å². The lowest BCUT2D eigenvalue weighted by Gasteiger charge is -2.19. The van der Waals surface area contributed by atoms with E-state index in [4.69, 9.17) is 0 Å². The molecular formula is C20H19N3O. The Hall–Kier alpha value is -2.88. The van der Waals surface area contributed by atoms with Crippen molar-refractivity contribution in [3.8, 4) is 5.69 Å². The maximum Gasteiger partial charge on any atom is 0.266 e. The van der Waals surface area contributed by atoms with E-state index in [0.717, 1.165) is 28.0 Å². The van der Waals surface area contributed by atoms with Gasteiger partial charge in [-0.25, -0.2) is 0 Å². The lowest BCUT2D eigenvalue weighted by atomic mass is 10.0. The number of aromatic nitrogens is 1. The van der Waals surface area contributed by atoms with Gasteiger partial charge in [0.25, 0.3) is 5.56 Å². The summed E-state index contributed by atoms with van der Waals surface area (Å²) in [6, 6.07) is 18.0. The molecular weight excluding hydrogens is 298 g/mol. The molecule has 0 spiro atoms. The summed E-state index contributed by atoms with van der Waals surface area (Å²) in [6.07, 6.45) is 0. The van der Waals surface area contributed by atoms with E-state index in [1.165, 1.54) is 0 Å². The minimum atomic E-state index is -0.0299. The van der Waals surface area contributed by atoms with Crippen molar-refractivity contribution >= 4 is 22.3 Å². The van der Waals surface area contributed by atoms with E-state index < -0.39 is 0 Å². The monoisotopic (exact) mass is 317 g/mol. The Labute approximate surface area is 140 Å². The van der Waals surface area contributed by atoms with Gasteiger partial charge >= 0.3 is 0 Å². The molecule has 4 nitrogen and oxygen atoms in total. The highest BCUT2D eigenvalue weighted by Gasteiger charge is 2.22. The van der Waals surface area contributed by atoms with Crippen LogP contribution in [0.1, 0.15) is 19.4 Å². The molecule has 0 saturated heterocycles. The molecule has 1 aromatic heterocycles. The van der Waals surface area contributed by atoms with Crippen LogP contribution in [0.2, 0.25) is 0 Å². The highest BCUT2D eigenvalue weighted by molar-refractivity contribution is 6.10.